The maximum atomic E-state index is 14.3. The molecule has 3 heterocycles. The van der Waals surface area contributed by atoms with Gasteiger partial charge in [0.1, 0.15) is 29.2 Å². The molecule has 44 heavy (non-hydrogen) atoms. The number of ether oxygens (including phenoxy) is 3. The first kappa shape index (κ1) is 30.9. The molecule has 1 atom stereocenters. The van der Waals surface area contributed by atoms with E-state index in [1.54, 1.807) is 28.8 Å². The van der Waals surface area contributed by atoms with E-state index in [-0.39, 0.29) is 37.4 Å². The van der Waals surface area contributed by atoms with Crippen molar-refractivity contribution in [1.82, 2.24) is 24.6 Å². The normalized spacial score (nSPS) is 15.0. The van der Waals surface area contributed by atoms with Crippen molar-refractivity contribution in [1.29, 1.82) is 0 Å². The number of nitrogens with zero attached hydrogens (tertiary/aromatic N) is 5. The summed E-state index contributed by atoms with van der Waals surface area (Å²) >= 11 is 0. The van der Waals surface area contributed by atoms with E-state index in [1.165, 1.54) is 12.1 Å². The topological polar surface area (TPSA) is 109 Å². The van der Waals surface area contributed by atoms with Gasteiger partial charge in [0.15, 0.2) is 5.65 Å². The van der Waals surface area contributed by atoms with E-state index >= 15 is 0 Å². The Bertz CT molecular complexity index is 1620. The zero-order valence-corrected chi connectivity index (χ0v) is 25.6. The number of likely N-dealkylation sites (tertiary alicyclic amines) is 1. The van der Waals surface area contributed by atoms with Crippen molar-refractivity contribution < 1.29 is 28.2 Å². The molecule has 2 aromatic carbocycles. The molecule has 4 aromatic rings. The fourth-order valence-electron chi connectivity index (χ4n) is 5.21. The van der Waals surface area contributed by atoms with Gasteiger partial charge >= 0.3 is 12.1 Å². The summed E-state index contributed by atoms with van der Waals surface area (Å²) in [4.78, 5) is 36.1. The molecule has 1 aliphatic heterocycles. The maximum absolute atomic E-state index is 14.3. The molecule has 11 heteroatoms. The highest BCUT2D eigenvalue weighted by Gasteiger charge is 2.31. The summed E-state index contributed by atoms with van der Waals surface area (Å²) in [7, 11) is 0. The van der Waals surface area contributed by atoms with Gasteiger partial charge in [0.05, 0.1) is 18.5 Å². The van der Waals surface area contributed by atoms with Gasteiger partial charge in [0, 0.05) is 25.9 Å². The fourth-order valence-corrected chi connectivity index (χ4v) is 5.21. The van der Waals surface area contributed by atoms with Crippen molar-refractivity contribution in [3.8, 4) is 11.6 Å². The van der Waals surface area contributed by atoms with Crippen molar-refractivity contribution in [3.05, 3.63) is 77.5 Å². The summed E-state index contributed by atoms with van der Waals surface area (Å²) in [6.45, 7) is 9.01. The lowest BCUT2D eigenvalue weighted by Gasteiger charge is -2.24. The number of aromatic nitrogens is 4. The first-order valence-corrected chi connectivity index (χ1v) is 14.9. The number of aryl methyl sites for hydroxylation is 1. The smallest absolute Gasteiger partial charge is 0.410 e. The number of hydrogen-bond donors (Lipinski definition) is 0. The lowest BCUT2D eigenvalue weighted by Crippen LogP contribution is -2.35. The highest BCUT2D eigenvalue weighted by molar-refractivity contribution is 5.82. The third-order valence-corrected chi connectivity index (χ3v) is 7.24. The number of fused-ring (bicyclic) bond motifs is 1. The third-order valence-electron chi connectivity index (χ3n) is 7.24. The van der Waals surface area contributed by atoms with Crippen LogP contribution in [-0.2, 0) is 33.7 Å². The second-order valence-electron chi connectivity index (χ2n) is 11.9. The van der Waals surface area contributed by atoms with Gasteiger partial charge in [-0.2, -0.15) is 10.1 Å². The van der Waals surface area contributed by atoms with Crippen LogP contribution in [0.15, 0.2) is 54.7 Å². The van der Waals surface area contributed by atoms with Crippen LogP contribution in [0.3, 0.4) is 0 Å². The van der Waals surface area contributed by atoms with Crippen LogP contribution < -0.4 is 4.74 Å². The zero-order valence-electron chi connectivity index (χ0n) is 25.6. The minimum atomic E-state index is -0.567. The molecule has 10 nitrogen and oxygen atoms in total. The van der Waals surface area contributed by atoms with Crippen LogP contribution in [0.1, 0.15) is 57.5 Å². The minimum Gasteiger partial charge on any atom is -0.472 e. The number of esters is 1. The molecule has 0 N–H and O–H groups in total. The molecule has 1 fully saturated rings. The van der Waals surface area contributed by atoms with E-state index in [1.807, 2.05) is 51.1 Å². The van der Waals surface area contributed by atoms with E-state index in [4.69, 9.17) is 24.2 Å². The van der Waals surface area contributed by atoms with E-state index in [0.717, 1.165) is 12.0 Å². The quantitative estimate of drug-likeness (QED) is 0.209. The van der Waals surface area contributed by atoms with Crippen LogP contribution in [0.5, 0.6) is 5.88 Å². The molecule has 0 saturated carbocycles. The van der Waals surface area contributed by atoms with Gasteiger partial charge in [0.2, 0.25) is 5.88 Å². The molecule has 0 radical (unpaired) electrons. The van der Waals surface area contributed by atoms with E-state index in [0.29, 0.717) is 60.1 Å². The molecule has 1 aliphatic rings. The summed E-state index contributed by atoms with van der Waals surface area (Å²) in [5.74, 6) is 0.295. The SMILES string of the molecule is CCOC(=O)CCc1cc(F)ccc1-n1ncc2c(OCc3ccccc3)nc(C[C@H]3CCN(C(=O)OC(C)(C)C)C3)nc21. The van der Waals surface area contributed by atoms with Gasteiger partial charge in [-0.1, -0.05) is 30.3 Å². The molecule has 5 rings (SSSR count). The van der Waals surface area contributed by atoms with Crippen molar-refractivity contribution in [2.75, 3.05) is 19.7 Å². The molecule has 0 aliphatic carbocycles. The fraction of sp³-hybridized carbons (Fsp3) is 0.424. The molecule has 0 unspecified atom stereocenters. The van der Waals surface area contributed by atoms with E-state index in [2.05, 4.69) is 5.10 Å². The summed E-state index contributed by atoms with van der Waals surface area (Å²) in [5.41, 5.74) is 2.11. The van der Waals surface area contributed by atoms with E-state index < -0.39 is 11.4 Å². The third kappa shape index (κ3) is 7.69. The number of carbonyl (C=O) groups excluding carboxylic acids is 2. The monoisotopic (exact) mass is 603 g/mol. The Morgan fingerprint density at radius 1 is 1.09 bits per heavy atom. The van der Waals surface area contributed by atoms with Gasteiger partial charge in [-0.15, -0.1) is 0 Å². The Labute approximate surface area is 256 Å². The first-order chi connectivity index (χ1) is 21.1. The van der Waals surface area contributed by atoms with Crippen molar-refractivity contribution in [2.45, 2.75) is 65.6 Å². The summed E-state index contributed by atoms with van der Waals surface area (Å²) in [5, 5.41) is 5.21. The second kappa shape index (κ2) is 13.4. The molecular weight excluding hydrogens is 565 g/mol. The zero-order chi connectivity index (χ0) is 31.3. The molecular formula is C33H38FN5O5. The molecule has 232 valence electrons. The summed E-state index contributed by atoms with van der Waals surface area (Å²) < 4.78 is 32.8. The van der Waals surface area contributed by atoms with E-state index in [9.17, 15) is 14.0 Å². The second-order valence-corrected chi connectivity index (χ2v) is 11.9. The molecule has 0 bridgehead atoms. The van der Waals surface area contributed by atoms with Crippen molar-refractivity contribution in [2.24, 2.45) is 5.92 Å². The van der Waals surface area contributed by atoms with Crippen molar-refractivity contribution in [3.63, 3.8) is 0 Å². The highest BCUT2D eigenvalue weighted by Crippen LogP contribution is 2.29. The van der Waals surface area contributed by atoms with Crippen molar-refractivity contribution >= 4 is 23.1 Å². The van der Waals surface area contributed by atoms with Crippen LogP contribution in [0.2, 0.25) is 0 Å². The van der Waals surface area contributed by atoms with Gasteiger partial charge in [-0.25, -0.2) is 18.9 Å². The Hall–Kier alpha value is -4.54. The average Bonchev–Trinajstić information content (AvgIpc) is 3.62. The van der Waals surface area contributed by atoms with Crippen LogP contribution in [-0.4, -0.2) is 62.0 Å². The number of carbonyl (C=O) groups is 2. The molecule has 1 amide bonds. The Morgan fingerprint density at radius 3 is 2.64 bits per heavy atom. The predicted molar refractivity (Wildman–Crippen MR) is 162 cm³/mol. The van der Waals surface area contributed by atoms with Crippen LogP contribution in [0.25, 0.3) is 16.7 Å². The largest absolute Gasteiger partial charge is 0.472 e. The maximum Gasteiger partial charge on any atom is 0.410 e. The number of amides is 1. The lowest BCUT2D eigenvalue weighted by atomic mass is 10.0. The van der Waals surface area contributed by atoms with Gasteiger partial charge < -0.3 is 19.1 Å². The van der Waals surface area contributed by atoms with Gasteiger partial charge in [0.25, 0.3) is 0 Å². The van der Waals surface area contributed by atoms with Crippen LogP contribution in [0.4, 0.5) is 9.18 Å². The molecule has 2 aromatic heterocycles. The standard InChI is InChI=1S/C33H38FN5O5/c1-5-42-29(40)14-11-24-18-25(34)12-13-27(24)39-30-26(19-35-39)31(43-21-22-9-7-6-8-10-22)37-28(36-30)17-23-15-16-38(20-23)32(41)44-33(2,3)4/h6-10,12-13,18-19,23H,5,11,14-17,20-21H2,1-4H3/t23-/m1/s1. The van der Waals surface area contributed by atoms with Crippen LogP contribution in [0, 0.1) is 11.7 Å². The predicted octanol–water partition coefficient (Wildman–Crippen LogP) is 5.83. The Balaban J connectivity index is 1.46. The number of halogens is 1. The molecule has 0 spiro atoms. The average molecular weight is 604 g/mol. The number of hydrogen-bond acceptors (Lipinski definition) is 8. The highest BCUT2D eigenvalue weighted by atomic mass is 19.1. The number of benzene rings is 2. The first-order valence-electron chi connectivity index (χ1n) is 14.9. The molecule has 1 saturated heterocycles. The minimum absolute atomic E-state index is 0.102. The summed E-state index contributed by atoms with van der Waals surface area (Å²) in [6.07, 6.45) is 2.98. The van der Waals surface area contributed by atoms with Gasteiger partial charge in [-0.05, 0) is 75.8 Å². The lowest BCUT2D eigenvalue weighted by molar-refractivity contribution is -0.143. The van der Waals surface area contributed by atoms with Crippen LogP contribution >= 0.6 is 0 Å². The Morgan fingerprint density at radius 2 is 1.89 bits per heavy atom. The van der Waals surface area contributed by atoms with Gasteiger partial charge in [-0.3, -0.25) is 4.79 Å². The number of rotatable bonds is 10. The summed E-state index contributed by atoms with van der Waals surface area (Å²) in [6, 6.07) is 14.2. The Kier molecular flexibility index (Phi) is 9.41.